The molecule has 0 bridgehead atoms. The van der Waals surface area contributed by atoms with E-state index in [1.54, 1.807) is 0 Å². The van der Waals surface area contributed by atoms with Gasteiger partial charge in [0.15, 0.2) is 0 Å². The second-order valence-electron chi connectivity index (χ2n) is 6.70. The second kappa shape index (κ2) is 10.9. The molecule has 0 saturated carbocycles. The summed E-state index contributed by atoms with van der Waals surface area (Å²) in [6.45, 7) is 14.6. The van der Waals surface area contributed by atoms with Crippen molar-refractivity contribution in [2.24, 2.45) is 5.10 Å². The van der Waals surface area contributed by atoms with Gasteiger partial charge in [-0.1, -0.05) is 64.9 Å². The quantitative estimate of drug-likeness (QED) is 0.271. The van der Waals surface area contributed by atoms with Crippen molar-refractivity contribution in [3.63, 3.8) is 0 Å². The molecule has 0 aliphatic carbocycles. The van der Waals surface area contributed by atoms with E-state index >= 15 is 0 Å². The molecular weight excluding hydrogens is 244 g/mol. The Morgan fingerprint density at radius 3 is 1.95 bits per heavy atom. The van der Waals surface area contributed by atoms with Gasteiger partial charge in [-0.2, -0.15) is 5.10 Å². The second-order valence-corrected chi connectivity index (χ2v) is 6.70. The largest absolute Gasteiger partial charge is 0.304 e. The topological polar surface area (TPSA) is 24.4 Å². The fourth-order valence-electron chi connectivity index (χ4n) is 2.09. The Hall–Kier alpha value is -0.790. The first-order valence-corrected chi connectivity index (χ1v) is 8.36. The van der Waals surface area contributed by atoms with Gasteiger partial charge < -0.3 is 5.43 Å². The molecule has 0 unspecified atom stereocenters. The first-order chi connectivity index (χ1) is 9.39. The highest BCUT2D eigenvalue weighted by molar-refractivity contribution is 5.96. The van der Waals surface area contributed by atoms with E-state index < -0.39 is 0 Å². The van der Waals surface area contributed by atoms with E-state index in [1.165, 1.54) is 57.8 Å². The summed E-state index contributed by atoms with van der Waals surface area (Å²) in [4.78, 5) is 0. The molecule has 2 nitrogen and oxygen atoms in total. The van der Waals surface area contributed by atoms with Crippen LogP contribution in [0.4, 0.5) is 0 Å². The molecule has 0 atom stereocenters. The van der Waals surface area contributed by atoms with E-state index in [9.17, 15) is 0 Å². The molecule has 1 N–H and O–H groups in total. The predicted octanol–water partition coefficient (Wildman–Crippen LogP) is 5.84. The highest BCUT2D eigenvalue weighted by Gasteiger charge is 2.15. The number of rotatable bonds is 12. The lowest BCUT2D eigenvalue weighted by atomic mass is 9.97. The maximum Gasteiger partial charge on any atom is 0.0595 e. The first-order valence-electron chi connectivity index (χ1n) is 8.36. The van der Waals surface area contributed by atoms with Gasteiger partial charge in [-0.3, -0.25) is 0 Å². The molecule has 2 heteroatoms. The van der Waals surface area contributed by atoms with Crippen LogP contribution in [0.1, 0.15) is 92.4 Å². The van der Waals surface area contributed by atoms with Gasteiger partial charge in [0.05, 0.1) is 5.71 Å². The zero-order chi connectivity index (χ0) is 15.4. The number of nitrogens with zero attached hydrogens (tertiary/aromatic N) is 1. The Balaban J connectivity index is 3.67. The van der Waals surface area contributed by atoms with Crippen molar-refractivity contribution in [1.29, 1.82) is 0 Å². The monoisotopic (exact) mass is 280 g/mol. The van der Waals surface area contributed by atoms with E-state index in [1.807, 2.05) is 13.8 Å². The third-order valence-corrected chi connectivity index (χ3v) is 3.80. The van der Waals surface area contributed by atoms with Crippen molar-refractivity contribution in [1.82, 2.24) is 5.43 Å². The molecule has 118 valence electrons. The average molecular weight is 280 g/mol. The number of hydrogen-bond donors (Lipinski definition) is 1. The predicted molar refractivity (Wildman–Crippen MR) is 92.4 cm³/mol. The van der Waals surface area contributed by atoms with Crippen LogP contribution in [0.25, 0.3) is 0 Å². The molecule has 0 aromatic heterocycles. The van der Waals surface area contributed by atoms with Gasteiger partial charge in [0.25, 0.3) is 0 Å². The van der Waals surface area contributed by atoms with E-state index in [4.69, 9.17) is 0 Å². The fourth-order valence-corrected chi connectivity index (χ4v) is 2.09. The summed E-state index contributed by atoms with van der Waals surface area (Å²) < 4.78 is 0. The molecule has 0 radical (unpaired) electrons. The SMILES string of the molecule is C=C(C)C(C)=NNC(C)(C)CCCCCCCCCC. The number of unbranched alkanes of at least 4 members (excludes halogenated alkanes) is 7. The summed E-state index contributed by atoms with van der Waals surface area (Å²) in [6, 6.07) is 0. The lowest BCUT2D eigenvalue weighted by Gasteiger charge is -2.24. The van der Waals surface area contributed by atoms with Gasteiger partial charge in [0.2, 0.25) is 0 Å². The Morgan fingerprint density at radius 2 is 1.45 bits per heavy atom. The molecule has 0 spiro atoms. The van der Waals surface area contributed by atoms with Crippen LogP contribution < -0.4 is 5.43 Å². The molecule has 0 fully saturated rings. The van der Waals surface area contributed by atoms with Crippen LogP contribution in [0, 0.1) is 0 Å². The summed E-state index contributed by atoms with van der Waals surface area (Å²) in [7, 11) is 0. The van der Waals surface area contributed by atoms with Crippen LogP contribution >= 0.6 is 0 Å². The van der Waals surface area contributed by atoms with Gasteiger partial charge in [-0.25, -0.2) is 0 Å². The lowest BCUT2D eigenvalue weighted by molar-refractivity contribution is 0.355. The average Bonchev–Trinajstić information content (AvgIpc) is 2.39. The Labute approximate surface area is 127 Å². The standard InChI is InChI=1S/C18H36N2/c1-7-8-9-10-11-12-13-14-15-18(5,6)20-19-17(4)16(2)3/h20H,2,7-15H2,1,3-6H3. The minimum Gasteiger partial charge on any atom is -0.304 e. The Morgan fingerprint density at radius 1 is 0.950 bits per heavy atom. The third kappa shape index (κ3) is 11.1. The van der Waals surface area contributed by atoms with Gasteiger partial charge in [0, 0.05) is 5.54 Å². The normalized spacial score (nSPS) is 12.6. The number of hydrazone groups is 1. The Kier molecular flexibility index (Phi) is 10.5. The summed E-state index contributed by atoms with van der Waals surface area (Å²) in [5.74, 6) is 0. The van der Waals surface area contributed by atoms with Crippen molar-refractivity contribution in [3.05, 3.63) is 12.2 Å². The minimum atomic E-state index is 0.0823. The summed E-state index contributed by atoms with van der Waals surface area (Å²) in [6.07, 6.45) is 12.2. The zero-order valence-corrected chi connectivity index (χ0v) is 14.5. The van der Waals surface area contributed by atoms with Crippen LogP contribution in [0.2, 0.25) is 0 Å². The third-order valence-electron chi connectivity index (χ3n) is 3.80. The van der Waals surface area contributed by atoms with Crippen LogP contribution in [0.3, 0.4) is 0 Å². The van der Waals surface area contributed by atoms with Gasteiger partial charge in [-0.15, -0.1) is 0 Å². The smallest absolute Gasteiger partial charge is 0.0595 e. The number of nitrogens with one attached hydrogen (secondary N) is 1. The maximum absolute atomic E-state index is 4.41. The number of hydrogen-bond acceptors (Lipinski definition) is 2. The number of allylic oxidation sites excluding steroid dienone is 1. The molecule has 0 aromatic rings. The van der Waals surface area contributed by atoms with Crippen LogP contribution in [-0.4, -0.2) is 11.3 Å². The van der Waals surface area contributed by atoms with E-state index in [0.717, 1.165) is 11.3 Å². The highest BCUT2D eigenvalue weighted by atomic mass is 15.3. The molecular formula is C18H36N2. The Bertz CT molecular complexity index is 290. The molecule has 0 saturated heterocycles. The van der Waals surface area contributed by atoms with Crippen molar-refractivity contribution < 1.29 is 0 Å². The van der Waals surface area contributed by atoms with E-state index in [2.05, 4.69) is 37.9 Å². The van der Waals surface area contributed by atoms with E-state index in [-0.39, 0.29) is 5.54 Å². The van der Waals surface area contributed by atoms with Crippen LogP contribution in [0.5, 0.6) is 0 Å². The summed E-state index contributed by atoms with van der Waals surface area (Å²) >= 11 is 0. The maximum atomic E-state index is 4.41. The minimum absolute atomic E-state index is 0.0823. The molecule has 0 aliphatic heterocycles. The molecule has 0 aromatic carbocycles. The fraction of sp³-hybridized carbons (Fsp3) is 0.833. The van der Waals surface area contributed by atoms with Crippen molar-refractivity contribution >= 4 is 5.71 Å². The van der Waals surface area contributed by atoms with Gasteiger partial charge >= 0.3 is 0 Å². The molecule has 20 heavy (non-hydrogen) atoms. The summed E-state index contributed by atoms with van der Waals surface area (Å²) in [5, 5.41) is 4.41. The lowest BCUT2D eigenvalue weighted by Crippen LogP contribution is -2.36. The molecule has 0 aliphatic rings. The van der Waals surface area contributed by atoms with Crippen LogP contribution in [-0.2, 0) is 0 Å². The van der Waals surface area contributed by atoms with Crippen molar-refractivity contribution in [3.8, 4) is 0 Å². The molecule has 0 rings (SSSR count). The van der Waals surface area contributed by atoms with Crippen LogP contribution in [0.15, 0.2) is 17.3 Å². The van der Waals surface area contributed by atoms with Gasteiger partial charge in [-0.05, 0) is 39.7 Å². The highest BCUT2D eigenvalue weighted by Crippen LogP contribution is 2.16. The molecule has 0 amide bonds. The van der Waals surface area contributed by atoms with Gasteiger partial charge in [0.1, 0.15) is 0 Å². The first kappa shape index (κ1) is 19.2. The van der Waals surface area contributed by atoms with Crippen molar-refractivity contribution in [2.75, 3.05) is 0 Å². The summed E-state index contributed by atoms with van der Waals surface area (Å²) in [5.41, 5.74) is 5.39. The zero-order valence-electron chi connectivity index (χ0n) is 14.5. The van der Waals surface area contributed by atoms with E-state index in [0.29, 0.717) is 0 Å². The van der Waals surface area contributed by atoms with Crippen molar-refractivity contribution in [2.45, 2.75) is 97.9 Å². The molecule has 0 heterocycles.